The number of phenols is 2. The molecule has 0 radical (unpaired) electrons. The van der Waals surface area contributed by atoms with Crippen molar-refractivity contribution in [3.63, 3.8) is 0 Å². The molecule has 0 amide bonds. The molecule has 0 aliphatic rings. The average Bonchev–Trinajstić information content (AvgIpc) is 2.24. The number of aromatic hydroxyl groups is 2. The van der Waals surface area contributed by atoms with Crippen LogP contribution in [-0.4, -0.2) is 38.8 Å². The molecule has 92 valence electrons. The van der Waals surface area contributed by atoms with E-state index in [4.69, 9.17) is 10.2 Å². The van der Waals surface area contributed by atoms with Gasteiger partial charge in [0.15, 0.2) is 6.04 Å². The summed E-state index contributed by atoms with van der Waals surface area (Å²) in [6, 6.07) is 3.09. The Hall–Kier alpha value is -1.69. The lowest BCUT2D eigenvalue weighted by atomic mass is 10.1. The van der Waals surface area contributed by atoms with Crippen molar-refractivity contribution in [2.24, 2.45) is 4.99 Å². The van der Waals surface area contributed by atoms with Gasteiger partial charge < -0.3 is 15.3 Å². The zero-order chi connectivity index (χ0) is 13.0. The molecule has 3 N–H and O–H groups in total. The summed E-state index contributed by atoms with van der Waals surface area (Å²) in [4.78, 5) is 14.7. The summed E-state index contributed by atoms with van der Waals surface area (Å²) in [5.74, 6) is -1.21. The second-order valence-corrected chi connectivity index (χ2v) is 3.82. The number of hydrogen-bond donors (Lipinski definition) is 4. The van der Waals surface area contributed by atoms with Crippen LogP contribution in [0.25, 0.3) is 0 Å². The van der Waals surface area contributed by atoms with Crippen molar-refractivity contribution < 1.29 is 20.1 Å². The number of aliphatic carboxylic acids is 1. The van der Waals surface area contributed by atoms with Crippen molar-refractivity contribution in [2.45, 2.75) is 13.0 Å². The maximum Gasteiger partial charge on any atom is 0.329 e. The Morgan fingerprint density at radius 1 is 1.47 bits per heavy atom. The molecule has 5 nitrogen and oxygen atoms in total. The van der Waals surface area contributed by atoms with Gasteiger partial charge in [0, 0.05) is 23.1 Å². The molecular formula is C11H13NO4S. The fourth-order valence-corrected chi connectivity index (χ4v) is 1.54. The highest BCUT2D eigenvalue weighted by Crippen LogP contribution is 2.23. The fourth-order valence-electron chi connectivity index (χ4n) is 1.30. The molecule has 1 unspecified atom stereocenters. The molecule has 0 aliphatic heterocycles. The Balaban J connectivity index is 3.06. The molecule has 0 saturated carbocycles. The second kappa shape index (κ2) is 5.58. The highest BCUT2D eigenvalue weighted by molar-refractivity contribution is 7.80. The molecule has 0 fully saturated rings. The number of rotatable bonds is 4. The van der Waals surface area contributed by atoms with E-state index >= 15 is 0 Å². The Labute approximate surface area is 104 Å². The van der Waals surface area contributed by atoms with Gasteiger partial charge in [0.1, 0.15) is 11.5 Å². The summed E-state index contributed by atoms with van der Waals surface area (Å²) in [7, 11) is 0. The van der Waals surface area contributed by atoms with Crippen molar-refractivity contribution in [2.75, 3.05) is 5.75 Å². The standard InChI is InChI=1S/C11H13NO4S/c1-6(12-9(5-17)11(15)16)8-3-2-7(13)4-10(8)14/h2-4,9,13-14,17H,5H2,1H3,(H,15,16)/b12-6-. The van der Waals surface area contributed by atoms with Gasteiger partial charge in [-0.05, 0) is 19.1 Å². The molecule has 1 aromatic carbocycles. The van der Waals surface area contributed by atoms with Gasteiger partial charge in [-0.25, -0.2) is 4.79 Å². The molecule has 0 aromatic heterocycles. The lowest BCUT2D eigenvalue weighted by molar-refractivity contribution is -0.137. The van der Waals surface area contributed by atoms with E-state index in [2.05, 4.69) is 17.6 Å². The number of aliphatic imine (C=N–C) groups is 1. The normalized spacial score (nSPS) is 13.4. The van der Waals surface area contributed by atoms with Crippen LogP contribution in [0.5, 0.6) is 11.5 Å². The minimum atomic E-state index is -1.07. The number of carboxylic acids is 1. The van der Waals surface area contributed by atoms with Gasteiger partial charge in [-0.2, -0.15) is 12.6 Å². The maximum absolute atomic E-state index is 10.8. The third kappa shape index (κ3) is 3.39. The first-order chi connectivity index (χ1) is 7.95. The third-order valence-corrected chi connectivity index (χ3v) is 2.52. The number of thiol groups is 1. The van der Waals surface area contributed by atoms with Gasteiger partial charge in [-0.1, -0.05) is 0 Å². The van der Waals surface area contributed by atoms with Crippen LogP contribution in [0.1, 0.15) is 12.5 Å². The predicted molar refractivity (Wildman–Crippen MR) is 67.3 cm³/mol. The molecule has 0 heterocycles. The zero-order valence-electron chi connectivity index (χ0n) is 9.16. The minimum absolute atomic E-state index is 0.0666. The van der Waals surface area contributed by atoms with Gasteiger partial charge in [0.2, 0.25) is 0 Å². The number of benzene rings is 1. The van der Waals surface area contributed by atoms with Gasteiger partial charge in [-0.15, -0.1) is 0 Å². The van der Waals surface area contributed by atoms with E-state index in [0.717, 1.165) is 0 Å². The van der Waals surface area contributed by atoms with E-state index in [-0.39, 0.29) is 17.3 Å². The first kappa shape index (κ1) is 13.4. The Kier molecular flexibility index (Phi) is 4.39. The zero-order valence-corrected chi connectivity index (χ0v) is 10.1. The average molecular weight is 255 g/mol. The van der Waals surface area contributed by atoms with E-state index < -0.39 is 12.0 Å². The van der Waals surface area contributed by atoms with E-state index in [9.17, 15) is 9.90 Å². The molecule has 1 aromatic rings. The van der Waals surface area contributed by atoms with Gasteiger partial charge in [0.25, 0.3) is 0 Å². The lowest BCUT2D eigenvalue weighted by Gasteiger charge is -2.08. The van der Waals surface area contributed by atoms with Gasteiger partial charge in [0.05, 0.1) is 0 Å². The lowest BCUT2D eigenvalue weighted by Crippen LogP contribution is -2.21. The summed E-state index contributed by atoms with van der Waals surface area (Å²) in [6.45, 7) is 1.59. The van der Waals surface area contributed by atoms with E-state index in [0.29, 0.717) is 11.3 Å². The largest absolute Gasteiger partial charge is 0.508 e. The van der Waals surface area contributed by atoms with Crippen LogP contribution >= 0.6 is 12.6 Å². The summed E-state index contributed by atoms with van der Waals surface area (Å²) in [5.41, 5.74) is 0.764. The van der Waals surface area contributed by atoms with Crippen LogP contribution in [0.3, 0.4) is 0 Å². The second-order valence-electron chi connectivity index (χ2n) is 3.45. The van der Waals surface area contributed by atoms with Crippen molar-refractivity contribution in [1.29, 1.82) is 0 Å². The monoisotopic (exact) mass is 255 g/mol. The molecule has 0 aliphatic carbocycles. The van der Waals surface area contributed by atoms with E-state index in [1.165, 1.54) is 18.2 Å². The third-order valence-electron chi connectivity index (χ3n) is 2.18. The number of nitrogens with zero attached hydrogens (tertiary/aromatic N) is 1. The first-order valence-electron chi connectivity index (χ1n) is 4.86. The van der Waals surface area contributed by atoms with Crippen LogP contribution in [0.2, 0.25) is 0 Å². The predicted octanol–water partition coefficient (Wildman–Crippen LogP) is 1.29. The molecule has 17 heavy (non-hydrogen) atoms. The van der Waals surface area contributed by atoms with Crippen molar-refractivity contribution in [3.05, 3.63) is 23.8 Å². The molecule has 6 heteroatoms. The molecule has 1 atom stereocenters. The van der Waals surface area contributed by atoms with Crippen LogP contribution in [-0.2, 0) is 4.79 Å². The highest BCUT2D eigenvalue weighted by Gasteiger charge is 2.15. The minimum Gasteiger partial charge on any atom is -0.508 e. The van der Waals surface area contributed by atoms with Crippen molar-refractivity contribution in [3.8, 4) is 11.5 Å². The number of hydrogen-bond acceptors (Lipinski definition) is 5. The summed E-state index contributed by atoms with van der Waals surface area (Å²) >= 11 is 3.89. The molecular weight excluding hydrogens is 242 g/mol. The first-order valence-corrected chi connectivity index (χ1v) is 5.49. The highest BCUT2D eigenvalue weighted by atomic mass is 32.1. The van der Waals surface area contributed by atoms with Gasteiger partial charge >= 0.3 is 5.97 Å². The van der Waals surface area contributed by atoms with E-state index in [1.807, 2.05) is 0 Å². The molecule has 1 rings (SSSR count). The fraction of sp³-hybridized carbons (Fsp3) is 0.273. The quantitative estimate of drug-likeness (QED) is 0.482. The number of carboxylic acid groups (broad SMARTS) is 1. The summed E-state index contributed by atoms with van der Waals surface area (Å²) in [5, 5.41) is 27.5. The van der Waals surface area contributed by atoms with E-state index in [1.54, 1.807) is 6.92 Å². The smallest absolute Gasteiger partial charge is 0.329 e. The Morgan fingerprint density at radius 3 is 2.59 bits per heavy atom. The van der Waals surface area contributed by atoms with Crippen molar-refractivity contribution in [1.82, 2.24) is 0 Å². The summed E-state index contributed by atoms with van der Waals surface area (Å²) in [6.07, 6.45) is 0. The topological polar surface area (TPSA) is 90.1 Å². The van der Waals surface area contributed by atoms with Crippen LogP contribution in [0.4, 0.5) is 0 Å². The van der Waals surface area contributed by atoms with Gasteiger partial charge in [-0.3, -0.25) is 4.99 Å². The Bertz CT molecular complexity index is 459. The number of carbonyl (C=O) groups is 1. The molecule has 0 saturated heterocycles. The summed E-state index contributed by atoms with van der Waals surface area (Å²) < 4.78 is 0. The van der Waals surface area contributed by atoms with Crippen LogP contribution in [0, 0.1) is 0 Å². The Morgan fingerprint density at radius 2 is 2.12 bits per heavy atom. The SMILES string of the molecule is C/C(=N/C(CS)C(=O)O)c1ccc(O)cc1O. The van der Waals surface area contributed by atoms with Crippen LogP contribution < -0.4 is 0 Å². The molecule has 0 bridgehead atoms. The number of phenolic OH excluding ortho intramolecular Hbond substituents is 2. The maximum atomic E-state index is 10.8. The molecule has 0 spiro atoms. The van der Waals surface area contributed by atoms with Crippen molar-refractivity contribution >= 4 is 24.3 Å². The van der Waals surface area contributed by atoms with Crippen LogP contribution in [0.15, 0.2) is 23.2 Å².